The molecule has 2 rings (SSSR count). The van der Waals surface area contributed by atoms with Crippen LogP contribution < -0.4 is 0 Å². The third-order valence-electron chi connectivity index (χ3n) is 4.60. The van der Waals surface area contributed by atoms with Crippen LogP contribution in [0.5, 0.6) is 0 Å². The van der Waals surface area contributed by atoms with Gasteiger partial charge in [-0.2, -0.15) is 0 Å². The molecule has 1 aromatic rings. The Kier molecular flexibility index (Phi) is 5.18. The van der Waals surface area contributed by atoms with Gasteiger partial charge in [0.15, 0.2) is 5.78 Å². The molecule has 0 N–H and O–H groups in total. The molecular formula is C18H26O. The third kappa shape index (κ3) is 3.68. The van der Waals surface area contributed by atoms with Crippen LogP contribution in [-0.2, 0) is 0 Å². The van der Waals surface area contributed by atoms with Crippen molar-refractivity contribution in [2.45, 2.75) is 64.7 Å². The Labute approximate surface area is 117 Å². The summed E-state index contributed by atoms with van der Waals surface area (Å²) in [6.45, 7) is 4.44. The van der Waals surface area contributed by atoms with Crippen molar-refractivity contribution in [1.82, 2.24) is 0 Å². The SMILES string of the molecule is CCC(C)c1ccc(C(=O)C2CCCCCC2)cc1. The second-order valence-corrected chi connectivity index (χ2v) is 5.98. The summed E-state index contributed by atoms with van der Waals surface area (Å²) in [5.74, 6) is 1.23. The van der Waals surface area contributed by atoms with Crippen molar-refractivity contribution in [1.29, 1.82) is 0 Å². The van der Waals surface area contributed by atoms with Crippen LogP contribution in [0.25, 0.3) is 0 Å². The van der Waals surface area contributed by atoms with Crippen molar-refractivity contribution in [3.05, 3.63) is 35.4 Å². The zero-order valence-electron chi connectivity index (χ0n) is 12.3. The van der Waals surface area contributed by atoms with E-state index in [1.54, 1.807) is 0 Å². The van der Waals surface area contributed by atoms with E-state index < -0.39 is 0 Å². The lowest BCUT2D eigenvalue weighted by atomic mass is 9.89. The Morgan fingerprint density at radius 1 is 1.11 bits per heavy atom. The molecule has 0 aromatic heterocycles. The van der Waals surface area contributed by atoms with Crippen molar-refractivity contribution < 1.29 is 4.79 Å². The van der Waals surface area contributed by atoms with Gasteiger partial charge in [-0.05, 0) is 30.7 Å². The van der Waals surface area contributed by atoms with Gasteiger partial charge in [0.2, 0.25) is 0 Å². The second kappa shape index (κ2) is 6.88. The van der Waals surface area contributed by atoms with Gasteiger partial charge in [-0.3, -0.25) is 4.79 Å². The minimum absolute atomic E-state index is 0.275. The monoisotopic (exact) mass is 258 g/mol. The van der Waals surface area contributed by atoms with Crippen molar-refractivity contribution >= 4 is 5.78 Å². The molecule has 104 valence electrons. The van der Waals surface area contributed by atoms with Crippen LogP contribution in [-0.4, -0.2) is 5.78 Å². The highest BCUT2D eigenvalue weighted by molar-refractivity contribution is 5.97. The van der Waals surface area contributed by atoms with Gasteiger partial charge in [0.25, 0.3) is 0 Å². The number of rotatable bonds is 4. The fourth-order valence-corrected chi connectivity index (χ4v) is 2.99. The number of hydrogen-bond donors (Lipinski definition) is 0. The average molecular weight is 258 g/mol. The lowest BCUT2D eigenvalue weighted by Gasteiger charge is -2.14. The molecule has 0 spiro atoms. The molecule has 0 heterocycles. The second-order valence-electron chi connectivity index (χ2n) is 5.98. The van der Waals surface area contributed by atoms with Crippen molar-refractivity contribution in [3.8, 4) is 0 Å². The van der Waals surface area contributed by atoms with E-state index in [1.807, 2.05) is 12.1 Å². The van der Waals surface area contributed by atoms with E-state index in [1.165, 1.54) is 31.2 Å². The van der Waals surface area contributed by atoms with E-state index in [9.17, 15) is 4.79 Å². The lowest BCUT2D eigenvalue weighted by Crippen LogP contribution is -2.14. The van der Waals surface area contributed by atoms with E-state index in [0.29, 0.717) is 11.7 Å². The molecule has 0 amide bonds. The highest BCUT2D eigenvalue weighted by Gasteiger charge is 2.21. The molecule has 1 aliphatic carbocycles. The van der Waals surface area contributed by atoms with Gasteiger partial charge < -0.3 is 0 Å². The molecule has 0 radical (unpaired) electrons. The number of hydrogen-bond acceptors (Lipinski definition) is 1. The van der Waals surface area contributed by atoms with E-state index in [2.05, 4.69) is 26.0 Å². The predicted molar refractivity (Wildman–Crippen MR) is 80.7 cm³/mol. The summed E-state index contributed by atoms with van der Waals surface area (Å²) in [6, 6.07) is 8.35. The first-order chi connectivity index (χ1) is 9.22. The smallest absolute Gasteiger partial charge is 0.165 e. The fourth-order valence-electron chi connectivity index (χ4n) is 2.99. The molecule has 1 saturated carbocycles. The normalized spacial score (nSPS) is 18.8. The average Bonchev–Trinajstić information content (AvgIpc) is 2.75. The van der Waals surface area contributed by atoms with Gasteiger partial charge in [-0.15, -0.1) is 0 Å². The van der Waals surface area contributed by atoms with Gasteiger partial charge in [0, 0.05) is 11.5 Å². The molecule has 1 aromatic carbocycles. The predicted octanol–water partition coefficient (Wildman–Crippen LogP) is 5.35. The molecule has 1 unspecified atom stereocenters. The molecule has 0 saturated heterocycles. The Morgan fingerprint density at radius 3 is 2.21 bits per heavy atom. The lowest BCUT2D eigenvalue weighted by molar-refractivity contribution is 0.0908. The maximum Gasteiger partial charge on any atom is 0.165 e. The molecule has 0 aliphatic heterocycles. The first kappa shape index (κ1) is 14.3. The topological polar surface area (TPSA) is 17.1 Å². The number of carbonyl (C=O) groups is 1. The van der Waals surface area contributed by atoms with E-state index in [4.69, 9.17) is 0 Å². The molecule has 1 atom stereocenters. The number of benzene rings is 1. The van der Waals surface area contributed by atoms with Crippen LogP contribution in [0.2, 0.25) is 0 Å². The first-order valence-electron chi connectivity index (χ1n) is 7.86. The molecule has 1 nitrogen and oxygen atoms in total. The van der Waals surface area contributed by atoms with Gasteiger partial charge in [-0.25, -0.2) is 0 Å². The maximum atomic E-state index is 12.5. The number of ketones is 1. The summed E-state index contributed by atoms with van der Waals surface area (Å²) < 4.78 is 0. The van der Waals surface area contributed by atoms with Gasteiger partial charge in [0.1, 0.15) is 0 Å². The highest BCUT2D eigenvalue weighted by Crippen LogP contribution is 2.27. The molecule has 19 heavy (non-hydrogen) atoms. The molecular weight excluding hydrogens is 232 g/mol. The zero-order chi connectivity index (χ0) is 13.7. The Balaban J connectivity index is 2.06. The minimum atomic E-state index is 0.275. The van der Waals surface area contributed by atoms with Crippen molar-refractivity contribution in [2.75, 3.05) is 0 Å². The molecule has 0 bridgehead atoms. The Morgan fingerprint density at radius 2 is 1.68 bits per heavy atom. The highest BCUT2D eigenvalue weighted by atomic mass is 16.1. The largest absolute Gasteiger partial charge is 0.294 e. The van der Waals surface area contributed by atoms with E-state index in [-0.39, 0.29) is 5.92 Å². The maximum absolute atomic E-state index is 12.5. The zero-order valence-corrected chi connectivity index (χ0v) is 12.3. The van der Waals surface area contributed by atoms with Crippen LogP contribution >= 0.6 is 0 Å². The van der Waals surface area contributed by atoms with Gasteiger partial charge in [0.05, 0.1) is 0 Å². The first-order valence-corrected chi connectivity index (χ1v) is 7.86. The standard InChI is InChI=1S/C18H26O/c1-3-14(2)15-10-12-17(13-11-15)18(19)16-8-6-4-5-7-9-16/h10-14,16H,3-9H2,1-2H3. The fraction of sp³-hybridized carbons (Fsp3) is 0.611. The minimum Gasteiger partial charge on any atom is -0.294 e. The van der Waals surface area contributed by atoms with Crippen LogP contribution in [0.4, 0.5) is 0 Å². The van der Waals surface area contributed by atoms with Gasteiger partial charge >= 0.3 is 0 Å². The van der Waals surface area contributed by atoms with Crippen LogP contribution in [0, 0.1) is 5.92 Å². The Bertz CT molecular complexity index is 396. The summed E-state index contributed by atoms with van der Waals surface area (Å²) >= 11 is 0. The number of carbonyl (C=O) groups excluding carboxylic acids is 1. The molecule has 1 heteroatoms. The van der Waals surface area contributed by atoms with Crippen molar-refractivity contribution in [3.63, 3.8) is 0 Å². The van der Waals surface area contributed by atoms with E-state index in [0.717, 1.165) is 24.8 Å². The Hall–Kier alpha value is -1.11. The van der Waals surface area contributed by atoms with E-state index >= 15 is 0 Å². The van der Waals surface area contributed by atoms with Crippen LogP contribution in [0.1, 0.15) is 80.6 Å². The van der Waals surface area contributed by atoms with Gasteiger partial charge in [-0.1, -0.05) is 63.8 Å². The number of Topliss-reactive ketones (excluding diaryl/α,β-unsaturated/α-hetero) is 1. The summed E-state index contributed by atoms with van der Waals surface area (Å²) in [5.41, 5.74) is 2.26. The summed E-state index contributed by atoms with van der Waals surface area (Å²) in [7, 11) is 0. The third-order valence-corrected chi connectivity index (χ3v) is 4.60. The molecule has 1 aliphatic rings. The quantitative estimate of drug-likeness (QED) is 0.525. The summed E-state index contributed by atoms with van der Waals surface area (Å²) in [4.78, 5) is 12.5. The van der Waals surface area contributed by atoms with Crippen LogP contribution in [0.15, 0.2) is 24.3 Å². The summed E-state index contributed by atoms with van der Waals surface area (Å²) in [6.07, 6.45) is 8.38. The summed E-state index contributed by atoms with van der Waals surface area (Å²) in [5, 5.41) is 0. The van der Waals surface area contributed by atoms with Crippen molar-refractivity contribution in [2.24, 2.45) is 5.92 Å². The molecule has 1 fully saturated rings. The van der Waals surface area contributed by atoms with Crippen LogP contribution in [0.3, 0.4) is 0 Å².